The van der Waals surface area contributed by atoms with Gasteiger partial charge in [-0.25, -0.2) is 4.68 Å². The highest BCUT2D eigenvalue weighted by Gasteiger charge is 2.39. The predicted molar refractivity (Wildman–Crippen MR) is 107 cm³/mol. The molecule has 0 aliphatic carbocycles. The molecule has 3 aromatic rings. The minimum absolute atomic E-state index is 0.00304. The van der Waals surface area contributed by atoms with E-state index >= 15 is 0 Å². The summed E-state index contributed by atoms with van der Waals surface area (Å²) >= 11 is 6.04. The number of amides is 1. The van der Waals surface area contributed by atoms with Gasteiger partial charge in [0.05, 0.1) is 12.0 Å². The summed E-state index contributed by atoms with van der Waals surface area (Å²) in [6, 6.07) is 13.5. The SMILES string of the molecule is O=C(c1cc(-c2ccco2)n(-c2ccc(Cl)cc2)n1)N1C2CCNCC1CC2. The minimum atomic E-state index is -0.00304. The fraction of sp³-hybridized carbons (Fsp3) is 0.333. The quantitative estimate of drug-likeness (QED) is 0.732. The lowest BCUT2D eigenvalue weighted by molar-refractivity contribution is 0.0673. The fourth-order valence-corrected chi connectivity index (χ4v) is 4.44. The monoisotopic (exact) mass is 396 g/mol. The second-order valence-electron chi connectivity index (χ2n) is 7.37. The van der Waals surface area contributed by atoms with E-state index in [0.29, 0.717) is 22.5 Å². The third kappa shape index (κ3) is 3.02. The molecule has 0 saturated carbocycles. The Morgan fingerprint density at radius 2 is 1.96 bits per heavy atom. The first kappa shape index (κ1) is 17.5. The molecule has 2 aliphatic rings. The van der Waals surface area contributed by atoms with Crippen molar-refractivity contribution in [2.45, 2.75) is 31.3 Å². The molecule has 5 rings (SSSR count). The molecule has 2 saturated heterocycles. The molecule has 2 aromatic heterocycles. The van der Waals surface area contributed by atoms with Crippen LogP contribution >= 0.6 is 11.6 Å². The van der Waals surface area contributed by atoms with Crippen LogP contribution in [0.3, 0.4) is 0 Å². The number of hydrogen-bond acceptors (Lipinski definition) is 4. The van der Waals surface area contributed by atoms with E-state index in [0.717, 1.165) is 43.7 Å². The Bertz CT molecular complexity index is 967. The van der Waals surface area contributed by atoms with Crippen LogP contribution in [-0.2, 0) is 0 Å². The lowest BCUT2D eigenvalue weighted by atomic mass is 10.1. The Hall–Kier alpha value is -2.57. The standard InChI is InChI=1S/C21H21ClN4O2/c22-14-3-5-16(6-4-14)26-19(20-2-1-11-28-20)12-18(24-26)21(27)25-15-7-8-17(25)13-23-10-9-15/h1-6,11-12,15,17,23H,7-10,13H2. The van der Waals surface area contributed by atoms with E-state index in [9.17, 15) is 4.79 Å². The maximum atomic E-state index is 13.4. The third-order valence-electron chi connectivity index (χ3n) is 5.66. The molecular formula is C21H21ClN4O2. The van der Waals surface area contributed by atoms with Gasteiger partial charge in [-0.1, -0.05) is 11.6 Å². The molecule has 2 aliphatic heterocycles. The van der Waals surface area contributed by atoms with Crippen molar-refractivity contribution in [1.82, 2.24) is 20.0 Å². The highest BCUT2D eigenvalue weighted by molar-refractivity contribution is 6.30. The highest BCUT2D eigenvalue weighted by Crippen LogP contribution is 2.31. The summed E-state index contributed by atoms with van der Waals surface area (Å²) in [4.78, 5) is 15.4. The molecular weight excluding hydrogens is 376 g/mol. The topological polar surface area (TPSA) is 63.3 Å². The largest absolute Gasteiger partial charge is 0.463 e. The van der Waals surface area contributed by atoms with E-state index in [4.69, 9.17) is 16.0 Å². The average molecular weight is 397 g/mol. The van der Waals surface area contributed by atoms with Gasteiger partial charge in [-0.3, -0.25) is 4.79 Å². The molecule has 2 bridgehead atoms. The molecule has 28 heavy (non-hydrogen) atoms. The van der Waals surface area contributed by atoms with Gasteiger partial charge >= 0.3 is 0 Å². The lowest BCUT2D eigenvalue weighted by Gasteiger charge is -2.27. The Morgan fingerprint density at radius 3 is 2.75 bits per heavy atom. The molecule has 0 spiro atoms. The zero-order valence-corrected chi connectivity index (χ0v) is 16.1. The van der Waals surface area contributed by atoms with Crippen LogP contribution in [0.1, 0.15) is 29.8 Å². The maximum Gasteiger partial charge on any atom is 0.274 e. The summed E-state index contributed by atoms with van der Waals surface area (Å²) in [6.45, 7) is 1.81. The van der Waals surface area contributed by atoms with Crippen LogP contribution in [0.25, 0.3) is 17.1 Å². The van der Waals surface area contributed by atoms with Gasteiger partial charge in [0.25, 0.3) is 5.91 Å². The van der Waals surface area contributed by atoms with Crippen LogP contribution in [0, 0.1) is 0 Å². The van der Waals surface area contributed by atoms with Gasteiger partial charge in [0.15, 0.2) is 11.5 Å². The number of benzene rings is 1. The van der Waals surface area contributed by atoms with Crippen molar-refractivity contribution in [3.05, 3.63) is 59.4 Å². The van der Waals surface area contributed by atoms with Crippen LogP contribution < -0.4 is 5.32 Å². The number of nitrogens with one attached hydrogen (secondary N) is 1. The minimum Gasteiger partial charge on any atom is -0.463 e. The van der Waals surface area contributed by atoms with Crippen LogP contribution in [0.5, 0.6) is 0 Å². The van der Waals surface area contributed by atoms with Gasteiger partial charge < -0.3 is 14.6 Å². The van der Waals surface area contributed by atoms with E-state index in [1.807, 2.05) is 47.4 Å². The zero-order valence-electron chi connectivity index (χ0n) is 15.3. The number of rotatable bonds is 3. The van der Waals surface area contributed by atoms with Gasteiger partial charge in [-0.15, -0.1) is 0 Å². The molecule has 1 N–H and O–H groups in total. The Balaban J connectivity index is 1.56. The van der Waals surface area contributed by atoms with Crippen LogP contribution in [-0.4, -0.2) is 45.8 Å². The van der Waals surface area contributed by atoms with Crippen molar-refractivity contribution in [2.75, 3.05) is 13.1 Å². The molecule has 2 fully saturated rings. The number of carbonyl (C=O) groups is 1. The average Bonchev–Trinajstić information content (AvgIpc) is 3.39. The van der Waals surface area contributed by atoms with Crippen molar-refractivity contribution in [3.8, 4) is 17.1 Å². The molecule has 6 nitrogen and oxygen atoms in total. The molecule has 4 heterocycles. The van der Waals surface area contributed by atoms with Crippen LogP contribution in [0.15, 0.2) is 53.1 Å². The number of hydrogen-bond donors (Lipinski definition) is 1. The van der Waals surface area contributed by atoms with E-state index in [1.165, 1.54) is 0 Å². The second-order valence-corrected chi connectivity index (χ2v) is 7.81. The third-order valence-corrected chi connectivity index (χ3v) is 5.91. The Kier molecular flexibility index (Phi) is 4.45. The summed E-state index contributed by atoms with van der Waals surface area (Å²) in [6.07, 6.45) is 4.73. The Morgan fingerprint density at radius 1 is 1.14 bits per heavy atom. The molecule has 0 radical (unpaired) electrons. The van der Waals surface area contributed by atoms with Crippen molar-refractivity contribution >= 4 is 17.5 Å². The smallest absolute Gasteiger partial charge is 0.274 e. The first-order valence-corrected chi connectivity index (χ1v) is 10.0. The summed E-state index contributed by atoms with van der Waals surface area (Å²) in [5.74, 6) is 0.665. The van der Waals surface area contributed by atoms with E-state index in [1.54, 1.807) is 10.9 Å². The number of furan rings is 1. The van der Waals surface area contributed by atoms with Crippen molar-refractivity contribution in [2.24, 2.45) is 0 Å². The van der Waals surface area contributed by atoms with Gasteiger partial charge in [0.2, 0.25) is 0 Å². The molecule has 144 valence electrons. The summed E-state index contributed by atoms with van der Waals surface area (Å²) in [7, 11) is 0. The van der Waals surface area contributed by atoms with Crippen molar-refractivity contribution in [1.29, 1.82) is 0 Å². The van der Waals surface area contributed by atoms with Crippen LogP contribution in [0.4, 0.5) is 0 Å². The summed E-state index contributed by atoms with van der Waals surface area (Å²) < 4.78 is 7.35. The molecule has 1 aromatic carbocycles. The van der Waals surface area contributed by atoms with Crippen molar-refractivity contribution in [3.63, 3.8) is 0 Å². The number of carbonyl (C=O) groups excluding carboxylic acids is 1. The highest BCUT2D eigenvalue weighted by atomic mass is 35.5. The molecule has 1 amide bonds. The predicted octanol–water partition coefficient (Wildman–Crippen LogP) is 3.75. The lowest BCUT2D eigenvalue weighted by Crippen LogP contribution is -2.42. The van der Waals surface area contributed by atoms with E-state index < -0.39 is 0 Å². The van der Waals surface area contributed by atoms with Gasteiger partial charge in [-0.05, 0) is 62.2 Å². The summed E-state index contributed by atoms with van der Waals surface area (Å²) in [5.41, 5.74) is 2.02. The van der Waals surface area contributed by atoms with E-state index in [-0.39, 0.29) is 11.9 Å². The summed E-state index contributed by atoms with van der Waals surface area (Å²) in [5, 5.41) is 8.76. The van der Waals surface area contributed by atoms with Gasteiger partial charge in [-0.2, -0.15) is 5.10 Å². The number of halogens is 1. The Labute approximate surface area is 168 Å². The number of nitrogens with zero attached hydrogens (tertiary/aromatic N) is 3. The van der Waals surface area contributed by atoms with Crippen molar-refractivity contribution < 1.29 is 9.21 Å². The second kappa shape index (κ2) is 7.11. The number of aromatic nitrogens is 2. The first-order chi connectivity index (χ1) is 13.7. The van der Waals surface area contributed by atoms with Crippen LogP contribution in [0.2, 0.25) is 5.02 Å². The molecule has 7 heteroatoms. The fourth-order valence-electron chi connectivity index (χ4n) is 4.31. The maximum absolute atomic E-state index is 13.4. The first-order valence-electron chi connectivity index (χ1n) is 9.64. The molecule has 2 atom stereocenters. The molecule has 2 unspecified atom stereocenters. The van der Waals surface area contributed by atoms with Gasteiger partial charge in [0, 0.05) is 29.7 Å². The number of fused-ring (bicyclic) bond motifs is 2. The van der Waals surface area contributed by atoms with E-state index in [2.05, 4.69) is 10.4 Å². The van der Waals surface area contributed by atoms with Gasteiger partial charge in [0.1, 0.15) is 5.69 Å². The normalized spacial score (nSPS) is 21.7. The zero-order chi connectivity index (χ0) is 19.1.